The number of pyridine rings is 3. The molecule has 0 atom stereocenters. The van der Waals surface area contributed by atoms with Gasteiger partial charge < -0.3 is 15.0 Å². The van der Waals surface area contributed by atoms with E-state index < -0.39 is 0 Å². The molecule has 0 aliphatic heterocycles. The largest absolute Gasteiger partial charge is 0.497 e. The number of carbonyl (C=O) groups is 1. The van der Waals surface area contributed by atoms with Gasteiger partial charge in [-0.05, 0) is 42.3 Å². The molecule has 40 heavy (non-hydrogen) atoms. The van der Waals surface area contributed by atoms with Gasteiger partial charge in [0.25, 0.3) is 0 Å². The average Bonchev–Trinajstić information content (AvgIpc) is 3.59. The fraction of sp³-hybridized carbons (Fsp3) is 0.167. The molecule has 5 heterocycles. The normalized spacial score (nSPS) is 11.3. The molecule has 0 aliphatic carbocycles. The standard InChI is InChI=1S/C30H26FN7O2/c1-3-4-5-29(39)35-20-7-18(12-32-13-20)25-11-23-28(16-34-25)37-38-30(23)26-10-22-24(14-33-15-27(22)36-26)17-6-19(31)9-21(8-17)40-2/h6-16,36H,3-5H2,1-2H3,(H,35,39)(H,37,38). The van der Waals surface area contributed by atoms with Crippen LogP contribution in [0.25, 0.3) is 55.6 Å². The lowest BCUT2D eigenvalue weighted by Crippen LogP contribution is -2.11. The summed E-state index contributed by atoms with van der Waals surface area (Å²) in [4.78, 5) is 28.8. The van der Waals surface area contributed by atoms with E-state index in [0.717, 1.165) is 51.5 Å². The minimum absolute atomic E-state index is 0.0364. The molecule has 0 fully saturated rings. The van der Waals surface area contributed by atoms with Crippen LogP contribution in [0.4, 0.5) is 10.1 Å². The lowest BCUT2D eigenvalue weighted by Gasteiger charge is -2.07. The summed E-state index contributed by atoms with van der Waals surface area (Å²) in [6.07, 6.45) is 10.8. The topological polar surface area (TPSA) is 121 Å². The van der Waals surface area contributed by atoms with Crippen molar-refractivity contribution in [2.24, 2.45) is 0 Å². The zero-order valence-electron chi connectivity index (χ0n) is 22.0. The molecular formula is C30H26FN7O2. The van der Waals surface area contributed by atoms with E-state index in [2.05, 4.69) is 42.4 Å². The average molecular weight is 536 g/mol. The Hall–Kier alpha value is -5.12. The number of aromatic amines is 2. The molecular weight excluding hydrogens is 509 g/mol. The SMILES string of the molecule is CCCCC(=O)Nc1cncc(-c2cc3c(-c4cc5c(-c6cc(F)cc(OC)c6)cncc5[nH]4)n[nH]c3cn2)c1. The summed E-state index contributed by atoms with van der Waals surface area (Å²) in [7, 11) is 1.51. The van der Waals surface area contributed by atoms with Crippen LogP contribution in [0.5, 0.6) is 5.75 Å². The van der Waals surface area contributed by atoms with E-state index in [0.29, 0.717) is 34.8 Å². The van der Waals surface area contributed by atoms with Crippen LogP contribution < -0.4 is 10.1 Å². The number of hydrogen-bond acceptors (Lipinski definition) is 6. The van der Waals surface area contributed by atoms with E-state index in [4.69, 9.17) is 4.74 Å². The maximum absolute atomic E-state index is 14.3. The van der Waals surface area contributed by atoms with Crippen molar-refractivity contribution in [1.82, 2.24) is 30.1 Å². The highest BCUT2D eigenvalue weighted by Crippen LogP contribution is 2.35. The molecule has 0 aliphatic rings. The van der Waals surface area contributed by atoms with Gasteiger partial charge in [0.15, 0.2) is 0 Å². The van der Waals surface area contributed by atoms with Crippen LogP contribution in [0.1, 0.15) is 26.2 Å². The fourth-order valence-electron chi connectivity index (χ4n) is 4.73. The minimum atomic E-state index is -0.389. The van der Waals surface area contributed by atoms with Crippen LogP contribution in [0.2, 0.25) is 0 Å². The number of benzene rings is 1. The van der Waals surface area contributed by atoms with E-state index in [9.17, 15) is 9.18 Å². The summed E-state index contributed by atoms with van der Waals surface area (Å²) < 4.78 is 19.5. The second kappa shape index (κ2) is 10.6. The number of anilines is 1. The van der Waals surface area contributed by atoms with Crippen molar-refractivity contribution in [3.05, 3.63) is 73.2 Å². The van der Waals surface area contributed by atoms with Crippen LogP contribution in [0.15, 0.2) is 67.4 Å². The number of ether oxygens (including phenoxy) is 1. The summed E-state index contributed by atoms with van der Waals surface area (Å²) in [5.74, 6) is 0.00498. The molecule has 10 heteroatoms. The molecule has 0 saturated carbocycles. The van der Waals surface area contributed by atoms with Gasteiger partial charge >= 0.3 is 0 Å². The Labute approximate surface area is 228 Å². The quantitative estimate of drug-likeness (QED) is 0.204. The predicted molar refractivity (Wildman–Crippen MR) is 152 cm³/mol. The summed E-state index contributed by atoms with van der Waals surface area (Å²) >= 11 is 0. The second-order valence-electron chi connectivity index (χ2n) is 9.51. The van der Waals surface area contributed by atoms with Gasteiger partial charge in [-0.25, -0.2) is 4.39 Å². The van der Waals surface area contributed by atoms with Crippen molar-refractivity contribution in [3.8, 4) is 39.5 Å². The van der Waals surface area contributed by atoms with Gasteiger partial charge in [-0.1, -0.05) is 13.3 Å². The number of unbranched alkanes of at least 4 members (excludes halogenated alkanes) is 1. The molecule has 6 aromatic rings. The smallest absolute Gasteiger partial charge is 0.224 e. The number of H-pyrrole nitrogens is 2. The number of nitrogens with zero attached hydrogens (tertiary/aromatic N) is 4. The predicted octanol–water partition coefficient (Wildman–Crippen LogP) is 6.51. The molecule has 9 nitrogen and oxygen atoms in total. The van der Waals surface area contributed by atoms with E-state index in [1.54, 1.807) is 37.1 Å². The third-order valence-corrected chi connectivity index (χ3v) is 6.74. The first kappa shape index (κ1) is 25.2. The van der Waals surface area contributed by atoms with Crippen LogP contribution in [-0.2, 0) is 4.79 Å². The van der Waals surface area contributed by atoms with E-state index in [1.807, 2.05) is 18.2 Å². The molecule has 200 valence electrons. The number of carbonyl (C=O) groups excluding carboxylic acids is 1. The molecule has 0 unspecified atom stereocenters. The zero-order valence-corrected chi connectivity index (χ0v) is 22.0. The van der Waals surface area contributed by atoms with Crippen LogP contribution in [0, 0.1) is 5.82 Å². The van der Waals surface area contributed by atoms with Crippen molar-refractivity contribution < 1.29 is 13.9 Å². The first-order valence-corrected chi connectivity index (χ1v) is 12.9. The van der Waals surface area contributed by atoms with Crippen LogP contribution in [-0.4, -0.2) is 43.2 Å². The zero-order chi connectivity index (χ0) is 27.6. The molecule has 3 N–H and O–H groups in total. The Morgan fingerprint density at radius 3 is 2.67 bits per heavy atom. The summed E-state index contributed by atoms with van der Waals surface area (Å²) in [5.41, 5.74) is 6.54. The summed E-state index contributed by atoms with van der Waals surface area (Å²) in [6, 6.07) is 10.4. The lowest BCUT2D eigenvalue weighted by molar-refractivity contribution is -0.116. The highest BCUT2D eigenvalue weighted by atomic mass is 19.1. The van der Waals surface area contributed by atoms with Crippen molar-refractivity contribution in [2.75, 3.05) is 12.4 Å². The van der Waals surface area contributed by atoms with Gasteiger partial charge in [-0.15, -0.1) is 0 Å². The Kier molecular flexibility index (Phi) is 6.65. The Morgan fingerprint density at radius 2 is 1.82 bits per heavy atom. The number of fused-ring (bicyclic) bond motifs is 2. The van der Waals surface area contributed by atoms with E-state index in [-0.39, 0.29) is 11.7 Å². The second-order valence-corrected chi connectivity index (χ2v) is 9.51. The first-order chi connectivity index (χ1) is 19.5. The lowest BCUT2D eigenvalue weighted by atomic mass is 10.0. The van der Waals surface area contributed by atoms with E-state index >= 15 is 0 Å². The number of hydrogen-bond donors (Lipinski definition) is 3. The Morgan fingerprint density at radius 1 is 0.950 bits per heavy atom. The van der Waals surface area contributed by atoms with Gasteiger partial charge in [0.05, 0.1) is 53.8 Å². The van der Waals surface area contributed by atoms with Gasteiger partial charge in [0.2, 0.25) is 5.91 Å². The molecule has 0 spiro atoms. The summed E-state index contributed by atoms with van der Waals surface area (Å²) in [5, 5.41) is 12.2. The Bertz CT molecular complexity index is 1860. The highest BCUT2D eigenvalue weighted by molar-refractivity contribution is 6.01. The number of rotatable bonds is 8. The van der Waals surface area contributed by atoms with Crippen molar-refractivity contribution in [1.29, 1.82) is 0 Å². The van der Waals surface area contributed by atoms with Crippen molar-refractivity contribution in [2.45, 2.75) is 26.2 Å². The molecule has 5 aromatic heterocycles. The van der Waals surface area contributed by atoms with Gasteiger partial charge in [0, 0.05) is 46.8 Å². The third kappa shape index (κ3) is 4.86. The molecule has 0 bridgehead atoms. The maximum atomic E-state index is 14.3. The number of methoxy groups -OCH3 is 1. The van der Waals surface area contributed by atoms with Crippen molar-refractivity contribution in [3.63, 3.8) is 0 Å². The highest BCUT2D eigenvalue weighted by Gasteiger charge is 2.16. The number of aromatic nitrogens is 6. The van der Waals surface area contributed by atoms with Crippen LogP contribution in [0.3, 0.4) is 0 Å². The Balaban J connectivity index is 1.38. The van der Waals surface area contributed by atoms with Gasteiger partial charge in [0.1, 0.15) is 17.3 Å². The number of amides is 1. The van der Waals surface area contributed by atoms with E-state index in [1.165, 1.54) is 19.2 Å². The fourth-order valence-corrected chi connectivity index (χ4v) is 4.73. The molecule has 1 aromatic carbocycles. The molecule has 0 saturated heterocycles. The van der Waals surface area contributed by atoms with Gasteiger partial charge in [-0.2, -0.15) is 5.10 Å². The third-order valence-electron chi connectivity index (χ3n) is 6.74. The molecule has 1 amide bonds. The monoisotopic (exact) mass is 535 g/mol. The summed E-state index contributed by atoms with van der Waals surface area (Å²) in [6.45, 7) is 2.05. The van der Waals surface area contributed by atoms with Crippen molar-refractivity contribution >= 4 is 33.4 Å². The molecule has 6 rings (SSSR count). The number of halogens is 1. The minimum Gasteiger partial charge on any atom is -0.497 e. The number of nitrogens with one attached hydrogen (secondary N) is 3. The molecule has 0 radical (unpaired) electrons. The van der Waals surface area contributed by atoms with Crippen LogP contribution >= 0.6 is 0 Å². The van der Waals surface area contributed by atoms with Gasteiger partial charge in [-0.3, -0.25) is 24.8 Å². The first-order valence-electron chi connectivity index (χ1n) is 12.9. The maximum Gasteiger partial charge on any atom is 0.224 e.